The third kappa shape index (κ3) is 7.31. The van der Waals surface area contributed by atoms with Crippen molar-refractivity contribution in [1.29, 1.82) is 0 Å². The van der Waals surface area contributed by atoms with Crippen LogP contribution >= 0.6 is 34.9 Å². The van der Waals surface area contributed by atoms with E-state index >= 15 is 4.39 Å². The standard InChI is InChI=1S/C28H26F6N2O3S3/c1-27(31,32)6-5-15-12-36(17-4-2-3-16(29)7-17)19-8-22(41-18-10-28(33,34)11-18)20(9-21(19)42-25(15)30)39-13-23-24(26(37)38)35-14-40-23/h2-4,7-9,14-15,18,25H,5-6,10-13H2,1H3,(H,37,38). The number of nitrogens with zero attached hydrogens (tertiary/aromatic N) is 2. The zero-order chi connectivity index (χ0) is 30.2. The van der Waals surface area contributed by atoms with E-state index in [1.165, 1.54) is 35.5 Å². The molecule has 2 aliphatic rings. The lowest BCUT2D eigenvalue weighted by atomic mass is 9.94. The second-order valence-electron chi connectivity index (χ2n) is 10.4. The summed E-state index contributed by atoms with van der Waals surface area (Å²) in [6, 6.07) is 8.85. The van der Waals surface area contributed by atoms with E-state index in [0.717, 1.165) is 30.0 Å². The highest BCUT2D eigenvalue weighted by Crippen LogP contribution is 2.53. The fourth-order valence-corrected chi connectivity index (χ4v) is 8.00. The van der Waals surface area contributed by atoms with Crippen LogP contribution in [-0.4, -0.2) is 45.2 Å². The van der Waals surface area contributed by atoms with Gasteiger partial charge < -0.3 is 14.7 Å². The first kappa shape index (κ1) is 30.9. The molecule has 2 aromatic carbocycles. The number of ether oxygens (including phenoxy) is 1. The maximum atomic E-state index is 15.7. The third-order valence-corrected chi connectivity index (χ3v) is 10.2. The molecule has 1 aromatic heterocycles. The summed E-state index contributed by atoms with van der Waals surface area (Å²) in [6.45, 7) is 0.583. The van der Waals surface area contributed by atoms with E-state index in [1.807, 2.05) is 0 Å². The Hall–Kier alpha value is -2.58. The van der Waals surface area contributed by atoms with Crippen LogP contribution in [0.1, 0.15) is 48.0 Å². The molecule has 0 amide bonds. The smallest absolute Gasteiger partial charge is 0.355 e. The summed E-state index contributed by atoms with van der Waals surface area (Å²) in [5.74, 6) is -8.14. The van der Waals surface area contributed by atoms with Crippen molar-refractivity contribution in [3.8, 4) is 5.75 Å². The van der Waals surface area contributed by atoms with Gasteiger partial charge in [-0.3, -0.25) is 0 Å². The van der Waals surface area contributed by atoms with Crippen molar-refractivity contribution in [3.05, 3.63) is 58.3 Å². The van der Waals surface area contributed by atoms with E-state index in [4.69, 9.17) is 4.74 Å². The summed E-state index contributed by atoms with van der Waals surface area (Å²) < 4.78 is 90.8. The van der Waals surface area contributed by atoms with Crippen molar-refractivity contribution in [3.63, 3.8) is 0 Å². The number of hydrogen-bond donors (Lipinski definition) is 1. The molecular formula is C28H26F6N2O3S3. The minimum atomic E-state index is -2.99. The van der Waals surface area contributed by atoms with Crippen molar-refractivity contribution in [2.24, 2.45) is 5.92 Å². The van der Waals surface area contributed by atoms with Crippen molar-refractivity contribution in [1.82, 2.24) is 4.98 Å². The number of thioether (sulfide) groups is 2. The van der Waals surface area contributed by atoms with Gasteiger partial charge in [-0.25, -0.2) is 36.1 Å². The number of rotatable bonds is 10. The number of aromatic carboxylic acids is 1. The largest absolute Gasteiger partial charge is 0.487 e. The minimum absolute atomic E-state index is 0.0185. The Bertz CT molecular complexity index is 1440. The van der Waals surface area contributed by atoms with Crippen LogP contribution in [0.15, 0.2) is 51.7 Å². The van der Waals surface area contributed by atoms with Crippen molar-refractivity contribution in [2.45, 2.75) is 71.6 Å². The summed E-state index contributed by atoms with van der Waals surface area (Å²) in [7, 11) is 0. The van der Waals surface area contributed by atoms with Gasteiger partial charge in [0.1, 0.15) is 18.2 Å². The second kappa shape index (κ2) is 12.2. The Labute approximate surface area is 250 Å². The van der Waals surface area contributed by atoms with Crippen LogP contribution in [0.2, 0.25) is 0 Å². The highest BCUT2D eigenvalue weighted by molar-refractivity contribution is 8.00. The van der Waals surface area contributed by atoms with Crippen molar-refractivity contribution in [2.75, 3.05) is 11.4 Å². The number of halogens is 6. The number of benzene rings is 2. The van der Waals surface area contributed by atoms with Gasteiger partial charge in [-0.05, 0) is 43.7 Å². The molecule has 0 bridgehead atoms. The molecule has 42 heavy (non-hydrogen) atoms. The molecule has 0 spiro atoms. The van der Waals surface area contributed by atoms with Crippen LogP contribution in [0.5, 0.6) is 5.75 Å². The molecule has 2 unspecified atom stereocenters. The number of fused-ring (bicyclic) bond motifs is 1. The zero-order valence-corrected chi connectivity index (χ0v) is 24.6. The lowest BCUT2D eigenvalue weighted by molar-refractivity contribution is -0.0667. The molecule has 0 saturated heterocycles. The molecule has 0 radical (unpaired) electrons. The first-order valence-corrected chi connectivity index (χ1v) is 15.6. The highest BCUT2D eigenvalue weighted by Gasteiger charge is 2.46. The topological polar surface area (TPSA) is 62.7 Å². The van der Waals surface area contributed by atoms with Gasteiger partial charge in [-0.1, -0.05) is 17.8 Å². The third-order valence-electron chi connectivity index (χ3n) is 6.97. The number of alkyl halides is 5. The predicted octanol–water partition coefficient (Wildman–Crippen LogP) is 9.04. The predicted molar refractivity (Wildman–Crippen MR) is 151 cm³/mol. The molecule has 1 aliphatic heterocycles. The number of thiazole rings is 1. The molecule has 2 atom stereocenters. The minimum Gasteiger partial charge on any atom is -0.487 e. The first-order valence-electron chi connectivity index (χ1n) is 13.0. The Morgan fingerprint density at radius 3 is 2.69 bits per heavy atom. The van der Waals surface area contributed by atoms with Crippen LogP contribution in [-0.2, 0) is 6.61 Å². The van der Waals surface area contributed by atoms with Gasteiger partial charge >= 0.3 is 5.97 Å². The zero-order valence-electron chi connectivity index (χ0n) is 22.2. The van der Waals surface area contributed by atoms with Crippen LogP contribution in [0.4, 0.5) is 37.7 Å². The Morgan fingerprint density at radius 1 is 1.26 bits per heavy atom. The van der Waals surface area contributed by atoms with Gasteiger partial charge in [0.05, 0.1) is 21.0 Å². The van der Waals surface area contributed by atoms with Gasteiger partial charge in [0.15, 0.2) is 11.2 Å². The van der Waals surface area contributed by atoms with E-state index in [1.54, 1.807) is 23.1 Å². The molecule has 2 heterocycles. The quantitative estimate of drug-likeness (QED) is 0.220. The maximum Gasteiger partial charge on any atom is 0.355 e. The molecule has 1 fully saturated rings. The fraction of sp³-hybridized carbons (Fsp3) is 0.429. The number of anilines is 2. The Kier molecular flexibility index (Phi) is 8.96. The lowest BCUT2D eigenvalue weighted by Gasteiger charge is -2.35. The molecule has 5 nitrogen and oxygen atoms in total. The number of hydrogen-bond acceptors (Lipinski definition) is 7. The number of carbonyl (C=O) groups is 1. The molecule has 1 saturated carbocycles. The van der Waals surface area contributed by atoms with Crippen molar-refractivity contribution < 1.29 is 41.0 Å². The average molecular weight is 649 g/mol. The summed E-state index contributed by atoms with van der Waals surface area (Å²) >= 11 is 3.07. The van der Waals surface area contributed by atoms with Gasteiger partial charge in [0, 0.05) is 47.6 Å². The van der Waals surface area contributed by atoms with Gasteiger partial charge in [0.2, 0.25) is 11.8 Å². The first-order chi connectivity index (χ1) is 19.8. The van der Waals surface area contributed by atoms with Gasteiger partial charge in [-0.15, -0.1) is 23.1 Å². The van der Waals surface area contributed by atoms with E-state index < -0.39 is 46.7 Å². The molecule has 5 rings (SSSR count). The molecule has 14 heteroatoms. The van der Waals surface area contributed by atoms with Crippen LogP contribution in [0.3, 0.4) is 0 Å². The molecule has 3 aromatic rings. The van der Waals surface area contributed by atoms with Gasteiger partial charge in [0.25, 0.3) is 0 Å². The van der Waals surface area contributed by atoms with Gasteiger partial charge in [-0.2, -0.15) is 0 Å². The summed E-state index contributed by atoms with van der Waals surface area (Å²) in [6.07, 6.45) is -1.33. The molecule has 226 valence electrons. The fourth-order valence-electron chi connectivity index (χ4n) is 4.78. The molecule has 1 N–H and O–H groups in total. The molecule has 1 aliphatic carbocycles. The van der Waals surface area contributed by atoms with Crippen LogP contribution in [0, 0.1) is 11.7 Å². The summed E-state index contributed by atoms with van der Waals surface area (Å²) in [5.41, 5.74) is 0.458. The van der Waals surface area contributed by atoms with E-state index in [0.29, 0.717) is 26.0 Å². The number of carboxylic acid groups (broad SMARTS) is 1. The number of carboxylic acids is 1. The maximum absolute atomic E-state index is 15.7. The highest BCUT2D eigenvalue weighted by atomic mass is 32.2. The SMILES string of the molecule is CC(F)(F)CCC1CN(c2cccc(F)c2)c2cc(SC3CC(F)(F)C3)c(OCc3scnc3C(=O)O)cc2SC1F. The lowest BCUT2D eigenvalue weighted by Crippen LogP contribution is -2.37. The van der Waals surface area contributed by atoms with E-state index in [9.17, 15) is 31.9 Å². The Balaban J connectivity index is 1.54. The van der Waals surface area contributed by atoms with Crippen molar-refractivity contribution >= 4 is 52.2 Å². The second-order valence-corrected chi connectivity index (χ2v) is 13.8. The van der Waals surface area contributed by atoms with E-state index in [-0.39, 0.29) is 43.9 Å². The monoisotopic (exact) mass is 648 g/mol. The average Bonchev–Trinajstić information content (AvgIpc) is 3.31. The summed E-state index contributed by atoms with van der Waals surface area (Å²) in [5, 5.41) is 8.97. The summed E-state index contributed by atoms with van der Waals surface area (Å²) in [4.78, 5) is 18.2. The normalized spacial score (nSPS) is 20.5. The Morgan fingerprint density at radius 2 is 2.02 bits per heavy atom. The molecular weight excluding hydrogens is 623 g/mol. The van der Waals surface area contributed by atoms with E-state index in [2.05, 4.69) is 4.98 Å². The number of aromatic nitrogens is 1. The van der Waals surface area contributed by atoms with Crippen LogP contribution < -0.4 is 9.64 Å². The van der Waals surface area contributed by atoms with Crippen LogP contribution in [0.25, 0.3) is 0 Å².